The smallest absolute Gasteiger partial charge is 0.163 e. The molecule has 3 heterocycles. The summed E-state index contributed by atoms with van der Waals surface area (Å²) >= 11 is 1.59. The van der Waals surface area contributed by atoms with E-state index >= 15 is 0 Å². The van der Waals surface area contributed by atoms with Crippen LogP contribution in [-0.4, -0.2) is 26.7 Å². The first-order valence-corrected chi connectivity index (χ1v) is 7.32. The predicted octanol–water partition coefficient (Wildman–Crippen LogP) is 1.91. The number of thiophene rings is 1. The first kappa shape index (κ1) is 13.3. The third-order valence-electron chi connectivity index (χ3n) is 3.14. The summed E-state index contributed by atoms with van der Waals surface area (Å²) in [6, 6.07) is 4.07. The summed E-state index contributed by atoms with van der Waals surface area (Å²) < 4.78 is 0. The second-order valence-corrected chi connectivity index (χ2v) is 5.36. The molecule has 0 aliphatic rings. The molecular weight excluding hydrogens is 286 g/mol. The van der Waals surface area contributed by atoms with Gasteiger partial charge in [0.05, 0.1) is 11.1 Å². The van der Waals surface area contributed by atoms with Crippen LogP contribution in [0.5, 0.6) is 0 Å². The predicted molar refractivity (Wildman–Crippen MR) is 81.9 cm³/mol. The van der Waals surface area contributed by atoms with Crippen molar-refractivity contribution in [2.24, 2.45) is 0 Å². The van der Waals surface area contributed by atoms with Crippen LogP contribution in [0.4, 0.5) is 11.6 Å². The minimum absolute atomic E-state index is 0.260. The molecule has 3 rings (SSSR count). The first-order chi connectivity index (χ1) is 10.3. The zero-order chi connectivity index (χ0) is 14.7. The van der Waals surface area contributed by atoms with Gasteiger partial charge in [-0.25, -0.2) is 9.97 Å². The maximum absolute atomic E-state index is 9.00. The standard InChI is InChI=1S/C13H13N7S/c14-6-9-10(19-20-11(9)15)2-1-4-16-12-8-3-5-21-13(8)18-7-17-12/h3,5,7H,1-2,4H2,(H3,15,19,20)(H,16,17,18). The van der Waals surface area contributed by atoms with Crippen molar-refractivity contribution < 1.29 is 0 Å². The molecule has 0 fully saturated rings. The number of H-pyrrole nitrogens is 1. The SMILES string of the molecule is N#Cc1c(N)n[nH]c1CCCNc1ncnc2sccc12. The van der Waals surface area contributed by atoms with E-state index in [0.717, 1.165) is 34.7 Å². The summed E-state index contributed by atoms with van der Waals surface area (Å²) in [5.74, 6) is 1.10. The maximum Gasteiger partial charge on any atom is 0.163 e. The Kier molecular flexibility index (Phi) is 3.66. The van der Waals surface area contributed by atoms with Gasteiger partial charge in [0.2, 0.25) is 0 Å². The van der Waals surface area contributed by atoms with Crippen LogP contribution in [0.25, 0.3) is 10.2 Å². The number of nitrogens with zero attached hydrogens (tertiary/aromatic N) is 4. The van der Waals surface area contributed by atoms with Crippen LogP contribution in [-0.2, 0) is 6.42 Å². The fourth-order valence-electron chi connectivity index (χ4n) is 2.10. The van der Waals surface area contributed by atoms with Crippen LogP contribution in [0.3, 0.4) is 0 Å². The molecule has 0 saturated carbocycles. The zero-order valence-electron chi connectivity index (χ0n) is 11.1. The largest absolute Gasteiger partial charge is 0.381 e. The number of hydrogen-bond donors (Lipinski definition) is 3. The fourth-order valence-corrected chi connectivity index (χ4v) is 2.84. The van der Waals surface area contributed by atoms with Gasteiger partial charge >= 0.3 is 0 Å². The minimum atomic E-state index is 0.260. The quantitative estimate of drug-likeness (QED) is 0.620. The second kappa shape index (κ2) is 5.76. The Morgan fingerprint density at radius 3 is 3.19 bits per heavy atom. The summed E-state index contributed by atoms with van der Waals surface area (Å²) in [4.78, 5) is 9.43. The second-order valence-electron chi connectivity index (χ2n) is 4.47. The molecule has 3 aromatic heterocycles. The average molecular weight is 299 g/mol. The molecule has 0 bridgehead atoms. The Morgan fingerprint density at radius 1 is 1.43 bits per heavy atom. The Labute approximate surface area is 124 Å². The van der Waals surface area contributed by atoms with E-state index in [0.29, 0.717) is 12.0 Å². The van der Waals surface area contributed by atoms with Gasteiger partial charge in [-0.2, -0.15) is 10.4 Å². The summed E-state index contributed by atoms with van der Waals surface area (Å²) in [7, 11) is 0. The molecule has 0 aromatic carbocycles. The van der Waals surface area contributed by atoms with Crippen molar-refractivity contribution in [2.45, 2.75) is 12.8 Å². The van der Waals surface area contributed by atoms with E-state index in [1.165, 1.54) is 0 Å². The zero-order valence-corrected chi connectivity index (χ0v) is 11.9. The van der Waals surface area contributed by atoms with Crippen molar-refractivity contribution in [3.63, 3.8) is 0 Å². The van der Waals surface area contributed by atoms with E-state index in [4.69, 9.17) is 11.0 Å². The van der Waals surface area contributed by atoms with Crippen LogP contribution in [0.15, 0.2) is 17.8 Å². The molecule has 106 valence electrons. The lowest BCUT2D eigenvalue weighted by atomic mass is 10.1. The molecule has 4 N–H and O–H groups in total. The van der Waals surface area contributed by atoms with Gasteiger partial charge in [-0.1, -0.05) is 0 Å². The number of anilines is 2. The number of aryl methyl sites for hydroxylation is 1. The van der Waals surface area contributed by atoms with Gasteiger partial charge in [-0.15, -0.1) is 11.3 Å². The van der Waals surface area contributed by atoms with Gasteiger partial charge in [0.1, 0.15) is 28.6 Å². The lowest BCUT2D eigenvalue weighted by molar-refractivity contribution is 0.823. The van der Waals surface area contributed by atoms with Gasteiger partial charge in [0, 0.05) is 6.54 Å². The topological polar surface area (TPSA) is 116 Å². The highest BCUT2D eigenvalue weighted by Gasteiger charge is 2.09. The van der Waals surface area contributed by atoms with Crippen molar-refractivity contribution in [1.29, 1.82) is 5.26 Å². The number of hydrogen-bond acceptors (Lipinski definition) is 7. The van der Waals surface area contributed by atoms with Crippen LogP contribution < -0.4 is 11.1 Å². The van der Waals surface area contributed by atoms with Crippen LogP contribution in [0.1, 0.15) is 17.7 Å². The van der Waals surface area contributed by atoms with E-state index < -0.39 is 0 Å². The highest BCUT2D eigenvalue weighted by molar-refractivity contribution is 7.16. The normalized spacial score (nSPS) is 10.6. The first-order valence-electron chi connectivity index (χ1n) is 6.44. The molecule has 8 heteroatoms. The van der Waals surface area contributed by atoms with Crippen LogP contribution >= 0.6 is 11.3 Å². The van der Waals surface area contributed by atoms with Crippen molar-refractivity contribution in [3.05, 3.63) is 29.0 Å². The number of rotatable bonds is 5. The fraction of sp³-hybridized carbons (Fsp3) is 0.231. The molecule has 0 saturated heterocycles. The van der Waals surface area contributed by atoms with E-state index in [9.17, 15) is 0 Å². The number of aromatic nitrogens is 4. The van der Waals surface area contributed by atoms with Gasteiger partial charge in [0.25, 0.3) is 0 Å². The molecule has 21 heavy (non-hydrogen) atoms. The molecule has 0 unspecified atom stereocenters. The molecule has 0 atom stereocenters. The Hall–Kier alpha value is -2.66. The van der Waals surface area contributed by atoms with Crippen molar-refractivity contribution in [3.8, 4) is 6.07 Å². The summed E-state index contributed by atoms with van der Waals surface area (Å²) in [5.41, 5.74) is 6.82. The molecular formula is C13H13N7S. The monoisotopic (exact) mass is 299 g/mol. The Balaban J connectivity index is 1.59. The number of fused-ring (bicyclic) bond motifs is 1. The third-order valence-corrected chi connectivity index (χ3v) is 3.96. The van der Waals surface area contributed by atoms with E-state index in [-0.39, 0.29) is 5.82 Å². The van der Waals surface area contributed by atoms with Gasteiger partial charge in [0.15, 0.2) is 5.82 Å². The molecule has 0 aliphatic carbocycles. The average Bonchev–Trinajstić information content (AvgIpc) is 3.10. The Bertz CT molecular complexity index is 798. The number of nitrogen functional groups attached to an aromatic ring is 1. The Morgan fingerprint density at radius 2 is 2.33 bits per heavy atom. The molecule has 7 nitrogen and oxygen atoms in total. The van der Waals surface area contributed by atoms with Gasteiger partial charge < -0.3 is 11.1 Å². The van der Waals surface area contributed by atoms with Crippen LogP contribution in [0, 0.1) is 11.3 Å². The van der Waals surface area contributed by atoms with Crippen LogP contribution in [0.2, 0.25) is 0 Å². The van der Waals surface area contributed by atoms with Gasteiger partial charge in [-0.05, 0) is 24.3 Å². The van der Waals surface area contributed by atoms with Gasteiger partial charge in [-0.3, -0.25) is 5.10 Å². The maximum atomic E-state index is 9.00. The summed E-state index contributed by atoms with van der Waals surface area (Å²) in [6.45, 7) is 0.742. The summed E-state index contributed by atoms with van der Waals surface area (Å²) in [6.07, 6.45) is 3.11. The summed E-state index contributed by atoms with van der Waals surface area (Å²) in [5, 5.41) is 22.0. The number of nitrogens with two attached hydrogens (primary N) is 1. The lowest BCUT2D eigenvalue weighted by Crippen LogP contribution is -2.05. The molecule has 0 aliphatic heterocycles. The lowest BCUT2D eigenvalue weighted by Gasteiger charge is -2.05. The highest BCUT2D eigenvalue weighted by Crippen LogP contribution is 2.23. The molecule has 0 radical (unpaired) electrons. The third kappa shape index (κ3) is 2.64. The van der Waals surface area contributed by atoms with E-state index in [1.807, 2.05) is 11.4 Å². The van der Waals surface area contributed by atoms with Crippen molar-refractivity contribution >= 4 is 33.2 Å². The van der Waals surface area contributed by atoms with Crippen molar-refractivity contribution in [1.82, 2.24) is 20.2 Å². The number of nitriles is 1. The number of aromatic amines is 1. The van der Waals surface area contributed by atoms with E-state index in [1.54, 1.807) is 17.7 Å². The number of nitrogens with one attached hydrogen (secondary N) is 2. The molecule has 3 aromatic rings. The van der Waals surface area contributed by atoms with Crippen molar-refractivity contribution in [2.75, 3.05) is 17.6 Å². The highest BCUT2D eigenvalue weighted by atomic mass is 32.1. The van der Waals surface area contributed by atoms with E-state index in [2.05, 4.69) is 31.6 Å². The molecule has 0 spiro atoms. The minimum Gasteiger partial charge on any atom is -0.381 e. The molecule has 0 amide bonds.